The number of nitrogens with zero attached hydrogens (tertiary/aromatic N) is 1. The van der Waals surface area contributed by atoms with E-state index in [0.29, 0.717) is 0 Å². The summed E-state index contributed by atoms with van der Waals surface area (Å²) in [5, 5.41) is 14.8. The summed E-state index contributed by atoms with van der Waals surface area (Å²) in [4.78, 5) is 8.25. The molecule has 0 spiro atoms. The Hall–Kier alpha value is 2.64. The Labute approximate surface area is 127 Å². The first kappa shape index (κ1) is 15.9. The number of rotatable bonds is 0. The third-order valence-corrected chi connectivity index (χ3v) is 0. The van der Waals surface area contributed by atoms with Gasteiger partial charge in [0.1, 0.15) is 0 Å². The molecule has 0 aliphatic heterocycles. The Morgan fingerprint density at radius 1 is 1.50 bits per heavy atom. The van der Waals surface area contributed by atoms with E-state index in [2.05, 4.69) is 0 Å². The van der Waals surface area contributed by atoms with Crippen LogP contribution in [0.3, 0.4) is 0 Å². The van der Waals surface area contributed by atoms with Gasteiger partial charge in [0.25, 0.3) is 0 Å². The SMILES string of the molecule is O=[N+]([O-])[O-].[H-].[K+].[Rb+]. The third-order valence-electron chi connectivity index (χ3n) is 0. The molecule has 0 heterocycles. The predicted molar refractivity (Wildman–Crippen MR) is 11.5 cm³/mol. The van der Waals surface area contributed by atoms with Gasteiger partial charge in [-0.2, -0.15) is 0 Å². The quantitative estimate of drug-likeness (QED) is 0.215. The normalized spacial score (nSPS) is 4.00. The van der Waals surface area contributed by atoms with Crippen molar-refractivity contribution in [2.75, 3.05) is 0 Å². The van der Waals surface area contributed by atoms with Crippen LogP contribution in [0.5, 0.6) is 0 Å². The van der Waals surface area contributed by atoms with Gasteiger partial charge < -0.3 is 16.7 Å². The maximum absolute atomic E-state index is 8.25. The van der Waals surface area contributed by atoms with Gasteiger partial charge in [-0.15, -0.1) is 0 Å². The Kier molecular flexibility index (Phi) is 28.0. The second kappa shape index (κ2) is 10.6. The number of hydrogen-bond acceptors (Lipinski definition) is 3. The van der Waals surface area contributed by atoms with Gasteiger partial charge in [0.05, 0.1) is 5.09 Å². The van der Waals surface area contributed by atoms with Crippen LogP contribution in [0.2, 0.25) is 0 Å². The van der Waals surface area contributed by atoms with E-state index in [1.807, 2.05) is 0 Å². The third kappa shape index (κ3) is 30.3. The van der Waals surface area contributed by atoms with Crippen LogP contribution in [0.15, 0.2) is 0 Å². The van der Waals surface area contributed by atoms with E-state index in [4.69, 9.17) is 15.3 Å². The van der Waals surface area contributed by atoms with E-state index in [-0.39, 0.29) is 111 Å². The standard InChI is InChI=1S/K.NO3.Rb.H/c;2-1(3)4;;/q+1;-1;+1;-1. The Balaban J connectivity index is -0.0000000150. The van der Waals surface area contributed by atoms with Crippen molar-refractivity contribution in [1.29, 1.82) is 0 Å². The minimum Gasteiger partial charge on any atom is -1.00 e. The molecule has 0 aliphatic carbocycles. The molecule has 0 rings (SSSR count). The van der Waals surface area contributed by atoms with Crippen molar-refractivity contribution in [3.05, 3.63) is 15.3 Å². The van der Waals surface area contributed by atoms with E-state index in [1.165, 1.54) is 0 Å². The second-order valence-electron chi connectivity index (χ2n) is 0.224. The first-order chi connectivity index (χ1) is 1.73. The van der Waals surface area contributed by atoms with Crippen molar-refractivity contribution in [3.8, 4) is 0 Å². The maximum Gasteiger partial charge on any atom is 1.00 e. The van der Waals surface area contributed by atoms with Crippen LogP contribution in [-0.2, 0) is 0 Å². The Morgan fingerprint density at radius 3 is 1.50 bits per heavy atom. The van der Waals surface area contributed by atoms with Gasteiger partial charge in [-0.05, 0) is 0 Å². The fourth-order valence-electron chi connectivity index (χ4n) is 0. The molecule has 0 radical (unpaired) electrons. The molecule has 0 atom stereocenters. The fraction of sp³-hybridized carbons (Fsp3) is 0. The first-order valence-corrected chi connectivity index (χ1v) is 0.548. The van der Waals surface area contributed by atoms with Crippen molar-refractivity contribution in [3.63, 3.8) is 0 Å². The smallest absolute Gasteiger partial charge is 1.00 e. The molecule has 0 fully saturated rings. The Morgan fingerprint density at radius 2 is 1.50 bits per heavy atom. The molecule has 0 aromatic rings. The molecular formula is HKNO3Rb. The van der Waals surface area contributed by atoms with Gasteiger partial charge in [-0.25, -0.2) is 0 Å². The van der Waals surface area contributed by atoms with Crippen molar-refractivity contribution < 1.29 is 116 Å². The van der Waals surface area contributed by atoms with Crippen LogP contribution in [0, 0.1) is 15.3 Å². The molecule has 0 amide bonds. The van der Waals surface area contributed by atoms with E-state index >= 15 is 0 Å². The van der Waals surface area contributed by atoms with Crippen LogP contribution >= 0.6 is 0 Å². The summed E-state index contributed by atoms with van der Waals surface area (Å²) in [7, 11) is 0. The molecular weight excluding hydrogens is 187 g/mol. The van der Waals surface area contributed by atoms with E-state index in [1.54, 1.807) is 0 Å². The topological polar surface area (TPSA) is 66.2 Å². The molecule has 4 nitrogen and oxygen atoms in total. The van der Waals surface area contributed by atoms with Crippen LogP contribution in [0.4, 0.5) is 0 Å². The molecule has 26 valence electrons. The molecule has 0 aromatic carbocycles. The van der Waals surface area contributed by atoms with E-state index in [9.17, 15) is 0 Å². The number of hydrogen-bond donors (Lipinski definition) is 0. The molecule has 0 bridgehead atoms. The van der Waals surface area contributed by atoms with Gasteiger partial charge in [0.2, 0.25) is 0 Å². The van der Waals surface area contributed by atoms with Crippen molar-refractivity contribution >= 4 is 0 Å². The molecule has 0 saturated carbocycles. The summed E-state index contributed by atoms with van der Waals surface area (Å²) in [5.74, 6) is 0. The minimum atomic E-state index is -1.75. The molecule has 0 aromatic heterocycles. The van der Waals surface area contributed by atoms with E-state index < -0.39 is 5.09 Å². The minimum absolute atomic E-state index is 0. The van der Waals surface area contributed by atoms with E-state index in [0.717, 1.165) is 0 Å². The largest absolute Gasteiger partial charge is 1.00 e. The maximum atomic E-state index is 8.25. The van der Waals surface area contributed by atoms with Crippen molar-refractivity contribution in [1.82, 2.24) is 0 Å². The summed E-state index contributed by atoms with van der Waals surface area (Å²) in [6, 6.07) is 0. The van der Waals surface area contributed by atoms with Crippen LogP contribution < -0.4 is 110 Å². The zero-order valence-corrected chi connectivity index (χ0v) is 11.7. The van der Waals surface area contributed by atoms with Crippen molar-refractivity contribution in [2.24, 2.45) is 0 Å². The molecule has 6 heavy (non-hydrogen) atoms. The molecule has 0 N–H and O–H groups in total. The van der Waals surface area contributed by atoms with Crippen LogP contribution in [-0.4, -0.2) is 5.09 Å². The predicted octanol–water partition coefficient (Wildman–Crippen LogP) is -6.12. The average molecular weight is 188 g/mol. The van der Waals surface area contributed by atoms with Gasteiger partial charge >= 0.3 is 110 Å². The summed E-state index contributed by atoms with van der Waals surface area (Å²) < 4.78 is 0. The average Bonchev–Trinajstić information content (AvgIpc) is 0.811. The van der Waals surface area contributed by atoms with Gasteiger partial charge in [-0.3, -0.25) is 0 Å². The molecule has 0 saturated heterocycles. The molecule has 6 heteroatoms. The zero-order valence-electron chi connectivity index (χ0n) is 4.67. The van der Waals surface area contributed by atoms with Gasteiger partial charge in [0.15, 0.2) is 0 Å². The summed E-state index contributed by atoms with van der Waals surface area (Å²) in [6.45, 7) is 0. The summed E-state index contributed by atoms with van der Waals surface area (Å²) >= 11 is 0. The molecule has 0 unspecified atom stereocenters. The van der Waals surface area contributed by atoms with Crippen LogP contribution in [0.25, 0.3) is 0 Å². The monoisotopic (exact) mass is 187 g/mol. The summed E-state index contributed by atoms with van der Waals surface area (Å²) in [6.07, 6.45) is 0. The first-order valence-electron chi connectivity index (χ1n) is 0.548. The fourth-order valence-corrected chi connectivity index (χ4v) is 0. The Bertz CT molecular complexity index is 37.9. The summed E-state index contributed by atoms with van der Waals surface area (Å²) in [5.41, 5.74) is 0. The molecule has 0 aliphatic rings. The van der Waals surface area contributed by atoms with Gasteiger partial charge in [0, 0.05) is 0 Å². The van der Waals surface area contributed by atoms with Crippen LogP contribution in [0.1, 0.15) is 1.43 Å². The second-order valence-corrected chi connectivity index (χ2v) is 0.224. The van der Waals surface area contributed by atoms with Gasteiger partial charge in [-0.1, -0.05) is 0 Å². The zero-order chi connectivity index (χ0) is 3.58. The van der Waals surface area contributed by atoms with Crippen molar-refractivity contribution in [2.45, 2.75) is 0 Å².